The number of nitrogens with one attached hydrogen (secondary N) is 1. The molecule has 0 spiro atoms. The fraction of sp³-hybridized carbons (Fsp3) is 1.00. The summed E-state index contributed by atoms with van der Waals surface area (Å²) in [6.07, 6.45) is 0.850. The molecule has 2 aliphatic heterocycles. The zero-order valence-electron chi connectivity index (χ0n) is 5.00. The summed E-state index contributed by atoms with van der Waals surface area (Å²) in [7, 11) is -2.70. The van der Waals surface area contributed by atoms with Crippen LogP contribution in [0.4, 0.5) is 0 Å². The van der Waals surface area contributed by atoms with E-state index >= 15 is 0 Å². The van der Waals surface area contributed by atoms with Crippen molar-refractivity contribution in [2.24, 2.45) is 5.92 Å². The van der Waals surface area contributed by atoms with Crippen LogP contribution < -0.4 is 5.32 Å². The Morgan fingerprint density at radius 1 is 1.44 bits per heavy atom. The second-order valence-corrected chi connectivity index (χ2v) is 5.06. The highest BCUT2D eigenvalue weighted by Gasteiger charge is 2.43. The predicted molar refractivity (Wildman–Crippen MR) is 33.7 cm³/mol. The van der Waals surface area contributed by atoms with Gasteiger partial charge in [-0.15, -0.1) is 0 Å². The zero-order chi connectivity index (χ0) is 6.48. The predicted octanol–water partition coefficient (Wildman–Crippen LogP) is -0.650. The number of rotatable bonds is 0. The van der Waals surface area contributed by atoms with Crippen LogP contribution in [0.1, 0.15) is 6.42 Å². The van der Waals surface area contributed by atoms with E-state index in [0.29, 0.717) is 11.7 Å². The number of hydrogen-bond donors (Lipinski definition) is 1. The second kappa shape index (κ2) is 1.49. The van der Waals surface area contributed by atoms with Gasteiger partial charge in [-0.3, -0.25) is 0 Å². The van der Waals surface area contributed by atoms with E-state index in [1.54, 1.807) is 0 Å². The van der Waals surface area contributed by atoms with Crippen molar-refractivity contribution in [3.05, 3.63) is 0 Å². The molecule has 2 fully saturated rings. The summed E-state index contributed by atoms with van der Waals surface area (Å²) in [4.78, 5) is 0. The molecule has 2 heterocycles. The van der Waals surface area contributed by atoms with Gasteiger partial charge in [-0.05, 0) is 12.3 Å². The Morgan fingerprint density at radius 2 is 2.22 bits per heavy atom. The smallest absolute Gasteiger partial charge is 0.166 e. The first-order valence-electron chi connectivity index (χ1n) is 3.13. The number of sulfone groups is 1. The van der Waals surface area contributed by atoms with Crippen LogP contribution in [0.25, 0.3) is 0 Å². The molecule has 0 aromatic heterocycles. The maximum atomic E-state index is 11.0. The normalized spacial score (nSPS) is 45.8. The van der Waals surface area contributed by atoms with Crippen molar-refractivity contribution in [2.75, 3.05) is 12.3 Å². The Balaban J connectivity index is 2.39. The van der Waals surface area contributed by atoms with Gasteiger partial charge in [-0.25, -0.2) is 8.42 Å². The fourth-order valence-electron chi connectivity index (χ4n) is 1.61. The quantitative estimate of drug-likeness (QED) is 0.495. The van der Waals surface area contributed by atoms with Gasteiger partial charge in [-0.1, -0.05) is 0 Å². The van der Waals surface area contributed by atoms with Crippen LogP contribution >= 0.6 is 0 Å². The fourth-order valence-corrected chi connectivity index (χ4v) is 3.67. The van der Waals surface area contributed by atoms with Gasteiger partial charge in [0.25, 0.3) is 0 Å². The SMILES string of the molecule is O=S1(=O)CC2CNC1C2. The summed E-state index contributed by atoms with van der Waals surface area (Å²) in [5.41, 5.74) is 0. The highest BCUT2D eigenvalue weighted by atomic mass is 32.2. The molecule has 2 bridgehead atoms. The molecule has 9 heavy (non-hydrogen) atoms. The maximum absolute atomic E-state index is 11.0. The number of fused-ring (bicyclic) bond motifs is 2. The van der Waals surface area contributed by atoms with Crippen molar-refractivity contribution in [3.63, 3.8) is 0 Å². The summed E-state index contributed by atoms with van der Waals surface area (Å²) in [5, 5.41) is 2.77. The summed E-state index contributed by atoms with van der Waals surface area (Å²) in [6.45, 7) is 0.907. The molecule has 4 heteroatoms. The lowest BCUT2D eigenvalue weighted by molar-refractivity contribution is 0.565. The van der Waals surface area contributed by atoms with Crippen molar-refractivity contribution < 1.29 is 8.42 Å². The Hall–Kier alpha value is -0.0900. The van der Waals surface area contributed by atoms with Gasteiger partial charge in [0, 0.05) is 6.54 Å². The first-order chi connectivity index (χ1) is 4.18. The first-order valence-corrected chi connectivity index (χ1v) is 4.85. The highest BCUT2D eigenvalue weighted by molar-refractivity contribution is 7.92. The van der Waals surface area contributed by atoms with Gasteiger partial charge in [0.05, 0.1) is 5.75 Å². The van der Waals surface area contributed by atoms with Gasteiger partial charge >= 0.3 is 0 Å². The summed E-state index contributed by atoms with van der Waals surface area (Å²) >= 11 is 0. The van der Waals surface area contributed by atoms with Crippen LogP contribution in [0.3, 0.4) is 0 Å². The van der Waals surface area contributed by atoms with Crippen LogP contribution in [-0.4, -0.2) is 26.1 Å². The zero-order valence-corrected chi connectivity index (χ0v) is 5.82. The molecular formula is C5H9NO2S. The van der Waals surface area contributed by atoms with E-state index < -0.39 is 9.84 Å². The topological polar surface area (TPSA) is 46.2 Å². The Labute approximate surface area is 54.4 Å². The van der Waals surface area contributed by atoms with E-state index in [2.05, 4.69) is 5.32 Å². The molecule has 2 aliphatic rings. The Morgan fingerprint density at radius 3 is 2.44 bits per heavy atom. The van der Waals surface area contributed by atoms with Gasteiger partial charge in [0.2, 0.25) is 0 Å². The number of hydrogen-bond acceptors (Lipinski definition) is 3. The van der Waals surface area contributed by atoms with Crippen molar-refractivity contribution in [2.45, 2.75) is 11.8 Å². The molecule has 2 unspecified atom stereocenters. The molecule has 2 saturated heterocycles. The lowest BCUT2D eigenvalue weighted by Gasteiger charge is -2.10. The van der Waals surface area contributed by atoms with Crippen molar-refractivity contribution in [1.29, 1.82) is 0 Å². The van der Waals surface area contributed by atoms with Crippen LogP contribution in [-0.2, 0) is 9.84 Å². The largest absolute Gasteiger partial charge is 0.301 e. The average molecular weight is 147 g/mol. The van der Waals surface area contributed by atoms with Crippen molar-refractivity contribution >= 4 is 9.84 Å². The highest BCUT2D eigenvalue weighted by Crippen LogP contribution is 2.28. The van der Waals surface area contributed by atoms with Gasteiger partial charge in [-0.2, -0.15) is 0 Å². The van der Waals surface area contributed by atoms with Crippen LogP contribution in [0.2, 0.25) is 0 Å². The standard InChI is InChI=1S/C5H9NO2S/c7-9(8)3-4-1-5(9)6-2-4/h4-6H,1-3H2. The molecule has 2 atom stereocenters. The third-order valence-corrected chi connectivity index (χ3v) is 4.25. The molecule has 52 valence electrons. The van der Waals surface area contributed by atoms with Crippen molar-refractivity contribution in [3.8, 4) is 0 Å². The van der Waals surface area contributed by atoms with E-state index in [1.165, 1.54) is 0 Å². The molecule has 0 saturated carbocycles. The minimum absolute atomic E-state index is 0.192. The molecule has 0 aliphatic carbocycles. The minimum Gasteiger partial charge on any atom is -0.301 e. The maximum Gasteiger partial charge on any atom is 0.166 e. The second-order valence-electron chi connectivity index (χ2n) is 2.83. The van der Waals surface area contributed by atoms with Crippen LogP contribution in [0.15, 0.2) is 0 Å². The van der Waals surface area contributed by atoms with Gasteiger partial charge < -0.3 is 5.32 Å². The van der Waals surface area contributed by atoms with Crippen LogP contribution in [0, 0.1) is 5.92 Å². The summed E-state index contributed by atoms with van der Waals surface area (Å²) in [5.74, 6) is 0.838. The van der Waals surface area contributed by atoms with Crippen molar-refractivity contribution in [1.82, 2.24) is 5.32 Å². The van der Waals surface area contributed by atoms with Crippen LogP contribution in [0.5, 0.6) is 0 Å². The van der Waals surface area contributed by atoms with Gasteiger partial charge in [0.15, 0.2) is 9.84 Å². The average Bonchev–Trinajstić information content (AvgIpc) is 2.19. The first kappa shape index (κ1) is 5.68. The van der Waals surface area contributed by atoms with E-state index in [-0.39, 0.29) is 5.37 Å². The molecule has 0 aromatic carbocycles. The molecule has 0 aromatic rings. The van der Waals surface area contributed by atoms with E-state index in [9.17, 15) is 8.42 Å². The Bertz CT molecular complexity index is 221. The summed E-state index contributed by atoms with van der Waals surface area (Å²) < 4.78 is 21.9. The lowest BCUT2D eigenvalue weighted by Crippen LogP contribution is -2.35. The van der Waals surface area contributed by atoms with E-state index in [1.807, 2.05) is 0 Å². The third-order valence-electron chi connectivity index (χ3n) is 2.08. The Kier molecular flexibility index (Phi) is 0.941. The van der Waals surface area contributed by atoms with E-state index in [4.69, 9.17) is 0 Å². The molecule has 1 N–H and O–H groups in total. The lowest BCUT2D eigenvalue weighted by atomic mass is 10.2. The molecular weight excluding hydrogens is 138 g/mol. The molecule has 2 rings (SSSR count). The minimum atomic E-state index is -2.70. The monoisotopic (exact) mass is 147 g/mol. The van der Waals surface area contributed by atoms with Gasteiger partial charge in [0.1, 0.15) is 5.37 Å². The van der Waals surface area contributed by atoms with E-state index in [0.717, 1.165) is 13.0 Å². The molecule has 0 amide bonds. The molecule has 0 radical (unpaired) electrons. The summed E-state index contributed by atoms with van der Waals surface area (Å²) in [6, 6.07) is 0. The third kappa shape index (κ3) is 0.697. The molecule has 3 nitrogen and oxygen atoms in total.